The van der Waals surface area contributed by atoms with Crippen LogP contribution in [0.1, 0.15) is 54.9 Å². The Morgan fingerprint density at radius 1 is 1.00 bits per heavy atom. The number of nitrogens with zero attached hydrogens (tertiary/aromatic N) is 3. The third kappa shape index (κ3) is 5.32. The minimum Gasteiger partial charge on any atom is -0.490 e. The lowest BCUT2D eigenvalue weighted by Gasteiger charge is -2.23. The van der Waals surface area contributed by atoms with Crippen LogP contribution in [0.15, 0.2) is 70.1 Å². The molecule has 1 atom stereocenters. The Morgan fingerprint density at radius 2 is 1.71 bits per heavy atom. The molecule has 1 aliphatic heterocycles. The number of carbonyl (C=O) groups excluding carboxylic acids is 1. The van der Waals surface area contributed by atoms with E-state index in [9.17, 15) is 9.59 Å². The quantitative estimate of drug-likeness (QED) is 0.264. The number of carbonyl (C=O) groups is 1. The standard InChI is InChI=1S/C33H35N3O5S/c1-7-22-10-13-25(14-11-22)35-20(4)16-24(21(35)5)18-29-31(37)36-30(26(32(38)39-6)19-34-33(36)42-29)23-12-15-27(40-8-2)28(17-23)41-9-3/h10-19,30H,7-9H2,1-6H3/b29-18-/t30-/m1/s1. The van der Waals surface area contributed by atoms with Crippen LogP contribution in [0.25, 0.3) is 11.8 Å². The fourth-order valence-corrected chi connectivity index (χ4v) is 6.30. The van der Waals surface area contributed by atoms with E-state index in [0.717, 1.165) is 29.1 Å². The van der Waals surface area contributed by atoms with Crippen LogP contribution in [0.4, 0.5) is 0 Å². The van der Waals surface area contributed by atoms with Crippen LogP contribution in [-0.2, 0) is 16.0 Å². The number of thiazole rings is 1. The van der Waals surface area contributed by atoms with Gasteiger partial charge in [0.2, 0.25) is 0 Å². The molecular weight excluding hydrogens is 550 g/mol. The summed E-state index contributed by atoms with van der Waals surface area (Å²) in [5, 5.41) is 0. The first-order valence-corrected chi connectivity index (χ1v) is 14.9. The highest BCUT2D eigenvalue weighted by Crippen LogP contribution is 2.35. The molecule has 5 rings (SSSR count). The van der Waals surface area contributed by atoms with Crippen molar-refractivity contribution in [2.75, 3.05) is 20.3 Å². The zero-order valence-corrected chi connectivity index (χ0v) is 25.6. The highest BCUT2D eigenvalue weighted by molar-refractivity contribution is 7.07. The van der Waals surface area contributed by atoms with Crippen molar-refractivity contribution in [3.05, 3.63) is 108 Å². The Morgan fingerprint density at radius 3 is 2.38 bits per heavy atom. The molecule has 218 valence electrons. The normalized spacial score (nSPS) is 14.7. The van der Waals surface area contributed by atoms with Crippen LogP contribution in [0, 0.1) is 13.8 Å². The smallest absolute Gasteiger partial charge is 0.337 e. The summed E-state index contributed by atoms with van der Waals surface area (Å²) in [7, 11) is 1.32. The average Bonchev–Trinajstić information content (AvgIpc) is 3.47. The van der Waals surface area contributed by atoms with Crippen LogP contribution in [-0.4, -0.2) is 35.4 Å². The Balaban J connectivity index is 1.64. The van der Waals surface area contributed by atoms with Crippen molar-refractivity contribution < 1.29 is 19.0 Å². The average molecular weight is 586 g/mol. The molecule has 0 radical (unpaired) electrons. The number of ether oxygens (including phenoxy) is 3. The molecular formula is C33H35N3O5S. The number of aryl methyl sites for hydroxylation is 2. The van der Waals surface area contributed by atoms with E-state index in [1.807, 2.05) is 32.1 Å². The van der Waals surface area contributed by atoms with Crippen molar-refractivity contribution in [1.82, 2.24) is 9.13 Å². The van der Waals surface area contributed by atoms with E-state index in [1.54, 1.807) is 10.6 Å². The first kappa shape index (κ1) is 29.1. The second-order valence-electron chi connectivity index (χ2n) is 9.93. The summed E-state index contributed by atoms with van der Waals surface area (Å²) in [4.78, 5) is 31.9. The number of hydrogen-bond acceptors (Lipinski definition) is 7. The van der Waals surface area contributed by atoms with E-state index in [2.05, 4.69) is 60.7 Å². The molecule has 0 unspecified atom stereocenters. The maximum absolute atomic E-state index is 14.0. The van der Waals surface area contributed by atoms with Crippen molar-refractivity contribution in [3.63, 3.8) is 0 Å². The topological polar surface area (TPSA) is 84.0 Å². The third-order valence-electron chi connectivity index (χ3n) is 7.37. The van der Waals surface area contributed by atoms with Gasteiger partial charge in [0.15, 0.2) is 16.3 Å². The second-order valence-corrected chi connectivity index (χ2v) is 10.9. The Labute approximate surface area is 248 Å². The van der Waals surface area contributed by atoms with Crippen molar-refractivity contribution in [3.8, 4) is 17.2 Å². The fraction of sp³-hybridized carbons (Fsp3) is 0.303. The van der Waals surface area contributed by atoms with Gasteiger partial charge in [-0.2, -0.15) is 0 Å². The Hall–Kier alpha value is -4.37. The molecule has 8 nitrogen and oxygen atoms in total. The number of hydrogen-bond donors (Lipinski definition) is 0. The summed E-state index contributed by atoms with van der Waals surface area (Å²) in [6.07, 6.45) is 4.39. The number of fused-ring (bicyclic) bond motifs is 1. The van der Waals surface area contributed by atoms with Crippen molar-refractivity contribution >= 4 is 23.4 Å². The molecule has 0 aliphatic carbocycles. The first-order valence-electron chi connectivity index (χ1n) is 14.1. The van der Waals surface area contributed by atoms with E-state index in [-0.39, 0.29) is 11.1 Å². The fourth-order valence-electron chi connectivity index (χ4n) is 5.34. The van der Waals surface area contributed by atoms with Crippen molar-refractivity contribution in [2.45, 2.75) is 47.1 Å². The zero-order chi connectivity index (χ0) is 30.0. The molecule has 0 amide bonds. The van der Waals surface area contributed by atoms with Gasteiger partial charge < -0.3 is 18.8 Å². The minimum absolute atomic E-state index is 0.234. The van der Waals surface area contributed by atoms with E-state index >= 15 is 0 Å². The molecule has 0 fully saturated rings. The highest BCUT2D eigenvalue weighted by Gasteiger charge is 2.31. The minimum atomic E-state index is -0.741. The summed E-state index contributed by atoms with van der Waals surface area (Å²) in [5.41, 5.74) is 6.12. The lowest BCUT2D eigenvalue weighted by atomic mass is 9.97. The molecule has 2 aromatic heterocycles. The predicted molar refractivity (Wildman–Crippen MR) is 165 cm³/mol. The number of rotatable bonds is 9. The molecule has 1 aliphatic rings. The molecule has 0 saturated carbocycles. The van der Waals surface area contributed by atoms with Gasteiger partial charge in [-0.25, -0.2) is 9.79 Å². The molecule has 0 spiro atoms. The number of esters is 1. The largest absolute Gasteiger partial charge is 0.490 e. The molecule has 4 aromatic rings. The summed E-state index contributed by atoms with van der Waals surface area (Å²) in [6, 6.07) is 15.3. The molecule has 9 heteroatoms. The molecule has 0 N–H and O–H groups in total. The van der Waals surface area contributed by atoms with Gasteiger partial charge in [0, 0.05) is 23.3 Å². The molecule has 2 aromatic carbocycles. The van der Waals surface area contributed by atoms with Gasteiger partial charge in [0.25, 0.3) is 5.56 Å². The lowest BCUT2D eigenvalue weighted by Crippen LogP contribution is -2.39. The van der Waals surface area contributed by atoms with Crippen LogP contribution in [0.3, 0.4) is 0 Å². The van der Waals surface area contributed by atoms with E-state index in [0.29, 0.717) is 39.6 Å². The number of methoxy groups -OCH3 is 1. The van der Waals surface area contributed by atoms with Gasteiger partial charge in [-0.15, -0.1) is 0 Å². The van der Waals surface area contributed by atoms with Gasteiger partial charge in [-0.1, -0.05) is 36.5 Å². The third-order valence-corrected chi connectivity index (χ3v) is 8.36. The maximum Gasteiger partial charge on any atom is 0.337 e. The van der Waals surface area contributed by atoms with Crippen molar-refractivity contribution in [2.24, 2.45) is 4.99 Å². The molecule has 0 saturated heterocycles. The Bertz CT molecular complexity index is 1840. The van der Waals surface area contributed by atoms with Crippen LogP contribution < -0.4 is 24.4 Å². The van der Waals surface area contributed by atoms with E-state index in [4.69, 9.17) is 14.2 Å². The molecule has 3 heterocycles. The lowest BCUT2D eigenvalue weighted by molar-refractivity contribution is -0.136. The molecule has 0 bridgehead atoms. The summed E-state index contributed by atoms with van der Waals surface area (Å²) < 4.78 is 20.9. The van der Waals surface area contributed by atoms with Crippen molar-refractivity contribution in [1.29, 1.82) is 0 Å². The second kappa shape index (κ2) is 12.2. The van der Waals surface area contributed by atoms with Gasteiger partial charge in [-0.05, 0) is 87.2 Å². The van der Waals surface area contributed by atoms with Gasteiger partial charge in [0.05, 0.1) is 36.5 Å². The highest BCUT2D eigenvalue weighted by atomic mass is 32.1. The first-order chi connectivity index (χ1) is 20.3. The SMILES string of the molecule is CCOc1ccc([C@@H]2C(C(=O)OC)=CN=c3s/c(=C\c4cc(C)n(-c5ccc(CC)cc5)c4C)c(=O)n32)cc1OCC. The van der Waals surface area contributed by atoms with Gasteiger partial charge in [0.1, 0.15) is 0 Å². The Kier molecular flexibility index (Phi) is 8.49. The van der Waals surface area contributed by atoms with E-state index < -0.39 is 12.0 Å². The van der Waals surface area contributed by atoms with E-state index in [1.165, 1.54) is 30.2 Å². The monoisotopic (exact) mass is 585 g/mol. The van der Waals surface area contributed by atoms with Crippen LogP contribution >= 0.6 is 11.3 Å². The van der Waals surface area contributed by atoms with Crippen LogP contribution in [0.5, 0.6) is 11.5 Å². The summed E-state index contributed by atoms with van der Waals surface area (Å²) in [6.45, 7) is 11.0. The number of benzene rings is 2. The van der Waals surface area contributed by atoms with Gasteiger partial charge >= 0.3 is 5.97 Å². The predicted octanol–water partition coefficient (Wildman–Crippen LogP) is 4.79. The number of aromatic nitrogens is 2. The summed E-state index contributed by atoms with van der Waals surface area (Å²) in [5.74, 6) is 0.584. The summed E-state index contributed by atoms with van der Waals surface area (Å²) >= 11 is 1.29. The van der Waals surface area contributed by atoms with Gasteiger partial charge in [-0.3, -0.25) is 9.36 Å². The zero-order valence-electron chi connectivity index (χ0n) is 24.8. The maximum atomic E-state index is 14.0. The molecule has 42 heavy (non-hydrogen) atoms. The van der Waals surface area contributed by atoms with Crippen LogP contribution in [0.2, 0.25) is 0 Å².